The Morgan fingerprint density at radius 2 is 1.68 bits per heavy atom. The molecule has 0 aliphatic rings. The normalized spacial score (nSPS) is 13.6. The smallest absolute Gasteiger partial charge is 0.0860 e. The summed E-state index contributed by atoms with van der Waals surface area (Å²) in [5, 5.41) is 4.27. The maximum atomic E-state index is 6.43. The van der Waals surface area contributed by atoms with E-state index in [2.05, 4.69) is 62.4 Å². The topological polar surface area (TPSA) is 51.8 Å². The molecule has 0 bridgehead atoms. The third-order valence-corrected chi connectivity index (χ3v) is 3.92. The molecule has 1 unspecified atom stereocenters. The summed E-state index contributed by atoms with van der Waals surface area (Å²) < 4.78 is 4.09. The molecule has 19 heavy (non-hydrogen) atoms. The van der Waals surface area contributed by atoms with E-state index in [-0.39, 0.29) is 11.5 Å². The van der Waals surface area contributed by atoms with Crippen molar-refractivity contribution >= 4 is 11.5 Å². The average Bonchev–Trinajstić information content (AvgIpc) is 2.74. The first-order valence-electron chi connectivity index (χ1n) is 6.45. The SMILES string of the molecule is Cc1cc(C)cc(C(N)c2snnc2C(C)(C)C)c1. The van der Waals surface area contributed by atoms with E-state index in [4.69, 9.17) is 5.73 Å². The zero-order chi connectivity index (χ0) is 14.2. The number of nitrogens with zero attached hydrogens (tertiary/aromatic N) is 2. The standard InChI is InChI=1S/C15H21N3S/c1-9-6-10(2)8-11(7-9)12(16)13-14(15(3,4)5)17-18-19-13/h6-8,12H,16H2,1-5H3. The van der Waals surface area contributed by atoms with Crippen LogP contribution < -0.4 is 5.73 Å². The maximum absolute atomic E-state index is 6.43. The van der Waals surface area contributed by atoms with Crippen molar-refractivity contribution < 1.29 is 0 Å². The monoisotopic (exact) mass is 275 g/mol. The van der Waals surface area contributed by atoms with Gasteiger partial charge in [0.25, 0.3) is 0 Å². The van der Waals surface area contributed by atoms with Crippen LogP contribution in [0.5, 0.6) is 0 Å². The Bertz CT molecular complexity index is 561. The molecule has 0 aliphatic carbocycles. The molecule has 0 radical (unpaired) electrons. The second-order valence-electron chi connectivity index (χ2n) is 6.13. The minimum Gasteiger partial charge on any atom is -0.319 e. The van der Waals surface area contributed by atoms with Crippen LogP contribution in [0.15, 0.2) is 18.2 Å². The van der Waals surface area contributed by atoms with Crippen LogP contribution in [0.3, 0.4) is 0 Å². The van der Waals surface area contributed by atoms with E-state index < -0.39 is 0 Å². The fourth-order valence-corrected chi connectivity index (χ4v) is 3.16. The molecule has 3 nitrogen and oxygen atoms in total. The first-order chi connectivity index (χ1) is 8.79. The van der Waals surface area contributed by atoms with Crippen molar-refractivity contribution in [1.29, 1.82) is 0 Å². The lowest BCUT2D eigenvalue weighted by Gasteiger charge is -2.20. The summed E-state index contributed by atoms with van der Waals surface area (Å²) in [5.41, 5.74) is 11.0. The maximum Gasteiger partial charge on any atom is 0.0860 e. The minimum atomic E-state index is -0.146. The molecule has 1 atom stereocenters. The van der Waals surface area contributed by atoms with Crippen LogP contribution in [0.1, 0.15) is 54.1 Å². The molecule has 0 saturated carbocycles. The average molecular weight is 275 g/mol. The number of aryl methyl sites for hydroxylation is 2. The molecule has 0 spiro atoms. The van der Waals surface area contributed by atoms with Gasteiger partial charge in [-0.15, -0.1) is 5.10 Å². The number of aromatic nitrogens is 2. The van der Waals surface area contributed by atoms with Gasteiger partial charge in [0.05, 0.1) is 16.6 Å². The van der Waals surface area contributed by atoms with Gasteiger partial charge < -0.3 is 5.73 Å². The second-order valence-corrected chi connectivity index (χ2v) is 6.92. The summed E-state index contributed by atoms with van der Waals surface area (Å²) in [5.74, 6) is 0. The fraction of sp³-hybridized carbons (Fsp3) is 0.467. The molecule has 4 heteroatoms. The number of rotatable bonds is 2. The molecule has 2 N–H and O–H groups in total. The van der Waals surface area contributed by atoms with Gasteiger partial charge in [0.1, 0.15) is 0 Å². The highest BCUT2D eigenvalue weighted by Crippen LogP contribution is 2.32. The highest BCUT2D eigenvalue weighted by molar-refractivity contribution is 7.05. The molecule has 0 saturated heterocycles. The molecule has 2 aromatic rings. The Kier molecular flexibility index (Phi) is 3.74. The lowest BCUT2D eigenvalue weighted by molar-refractivity contribution is 0.556. The molecule has 102 valence electrons. The number of nitrogens with two attached hydrogens (primary N) is 1. The van der Waals surface area contributed by atoms with Crippen molar-refractivity contribution in [2.24, 2.45) is 5.73 Å². The molecule has 0 aliphatic heterocycles. The Morgan fingerprint density at radius 3 is 2.21 bits per heavy atom. The van der Waals surface area contributed by atoms with Gasteiger partial charge in [0, 0.05) is 5.41 Å². The second kappa shape index (κ2) is 5.02. The zero-order valence-corrected chi connectivity index (χ0v) is 13.0. The van der Waals surface area contributed by atoms with Gasteiger partial charge >= 0.3 is 0 Å². The summed E-state index contributed by atoms with van der Waals surface area (Å²) in [6.07, 6.45) is 0. The molecular formula is C15H21N3S. The van der Waals surface area contributed by atoms with Gasteiger partial charge in [-0.05, 0) is 30.9 Å². The van der Waals surface area contributed by atoms with Crippen LogP contribution in [0.4, 0.5) is 0 Å². The molecular weight excluding hydrogens is 254 g/mol. The van der Waals surface area contributed by atoms with Crippen LogP contribution >= 0.6 is 11.5 Å². The Labute approximate surface area is 119 Å². The number of hydrogen-bond acceptors (Lipinski definition) is 4. The highest BCUT2D eigenvalue weighted by atomic mass is 32.1. The predicted octanol–water partition coefficient (Wildman–Crippen LogP) is 3.50. The van der Waals surface area contributed by atoms with Crippen molar-refractivity contribution in [3.05, 3.63) is 45.5 Å². The molecule has 0 fully saturated rings. The van der Waals surface area contributed by atoms with Crippen molar-refractivity contribution in [3.63, 3.8) is 0 Å². The lowest BCUT2D eigenvalue weighted by atomic mass is 9.88. The van der Waals surface area contributed by atoms with Gasteiger partial charge in [-0.1, -0.05) is 54.6 Å². The van der Waals surface area contributed by atoms with Crippen molar-refractivity contribution in [3.8, 4) is 0 Å². The first kappa shape index (κ1) is 14.2. The molecule has 0 amide bonds. The van der Waals surface area contributed by atoms with E-state index in [1.807, 2.05) is 0 Å². The first-order valence-corrected chi connectivity index (χ1v) is 7.23. The van der Waals surface area contributed by atoms with Crippen molar-refractivity contribution in [1.82, 2.24) is 9.59 Å². The molecule has 1 aromatic heterocycles. The van der Waals surface area contributed by atoms with Gasteiger partial charge in [-0.25, -0.2) is 0 Å². The van der Waals surface area contributed by atoms with Crippen LogP contribution in [-0.4, -0.2) is 9.59 Å². The summed E-state index contributed by atoms with van der Waals surface area (Å²) in [7, 11) is 0. The molecule has 1 aromatic carbocycles. The van der Waals surface area contributed by atoms with Crippen LogP contribution in [-0.2, 0) is 5.41 Å². The third kappa shape index (κ3) is 3.01. The van der Waals surface area contributed by atoms with Gasteiger partial charge in [0.15, 0.2) is 0 Å². The zero-order valence-electron chi connectivity index (χ0n) is 12.2. The quantitative estimate of drug-likeness (QED) is 0.912. The summed E-state index contributed by atoms with van der Waals surface area (Å²) >= 11 is 1.40. The summed E-state index contributed by atoms with van der Waals surface area (Å²) in [6, 6.07) is 6.30. The fourth-order valence-electron chi connectivity index (χ4n) is 2.26. The Hall–Kier alpha value is -1.26. The van der Waals surface area contributed by atoms with E-state index in [9.17, 15) is 0 Å². The van der Waals surface area contributed by atoms with Crippen molar-refractivity contribution in [2.75, 3.05) is 0 Å². The van der Waals surface area contributed by atoms with Gasteiger partial charge in [-0.2, -0.15) is 0 Å². The largest absolute Gasteiger partial charge is 0.319 e. The van der Waals surface area contributed by atoms with Crippen LogP contribution in [0.2, 0.25) is 0 Å². The third-order valence-electron chi connectivity index (χ3n) is 3.11. The predicted molar refractivity (Wildman–Crippen MR) is 80.6 cm³/mol. The van der Waals surface area contributed by atoms with Gasteiger partial charge in [-0.3, -0.25) is 0 Å². The highest BCUT2D eigenvalue weighted by Gasteiger charge is 2.26. The summed E-state index contributed by atoms with van der Waals surface area (Å²) in [4.78, 5) is 1.07. The van der Waals surface area contributed by atoms with E-state index in [1.54, 1.807) is 0 Å². The minimum absolute atomic E-state index is 0.0289. The van der Waals surface area contributed by atoms with E-state index in [0.29, 0.717) is 0 Å². The van der Waals surface area contributed by atoms with E-state index >= 15 is 0 Å². The van der Waals surface area contributed by atoms with Crippen LogP contribution in [0, 0.1) is 13.8 Å². The Morgan fingerprint density at radius 1 is 1.11 bits per heavy atom. The molecule has 2 rings (SSSR count). The van der Waals surface area contributed by atoms with E-state index in [1.165, 1.54) is 22.7 Å². The number of benzene rings is 1. The van der Waals surface area contributed by atoms with E-state index in [0.717, 1.165) is 16.1 Å². The molecule has 1 heterocycles. The number of hydrogen-bond donors (Lipinski definition) is 1. The Balaban J connectivity index is 2.45. The van der Waals surface area contributed by atoms with Crippen LogP contribution in [0.25, 0.3) is 0 Å². The van der Waals surface area contributed by atoms with Crippen molar-refractivity contribution in [2.45, 2.75) is 46.1 Å². The summed E-state index contributed by atoms with van der Waals surface area (Å²) in [6.45, 7) is 10.6. The van der Waals surface area contributed by atoms with Gasteiger partial charge in [0.2, 0.25) is 0 Å². The lowest BCUT2D eigenvalue weighted by Crippen LogP contribution is -2.19.